The van der Waals surface area contributed by atoms with Crippen LogP contribution in [0.3, 0.4) is 0 Å². The van der Waals surface area contributed by atoms with Crippen molar-refractivity contribution in [2.75, 3.05) is 18.2 Å². The van der Waals surface area contributed by atoms with Crippen molar-refractivity contribution in [2.24, 2.45) is 0 Å². The molecule has 2 aromatic carbocycles. The number of allylic oxidation sites excluding steroid dienone is 2. The van der Waals surface area contributed by atoms with E-state index < -0.39 is 6.04 Å². The van der Waals surface area contributed by atoms with Gasteiger partial charge in [0.2, 0.25) is 5.91 Å². The molecule has 0 radical (unpaired) electrons. The second-order valence-electron chi connectivity index (χ2n) is 7.54. The van der Waals surface area contributed by atoms with Gasteiger partial charge in [0.1, 0.15) is 6.04 Å². The van der Waals surface area contributed by atoms with E-state index in [1.165, 1.54) is 0 Å². The number of rotatable bonds is 7. The first-order valence-corrected chi connectivity index (χ1v) is 11.8. The number of carbonyl (C=O) groups is 2. The van der Waals surface area contributed by atoms with Crippen LogP contribution >= 0.6 is 11.8 Å². The van der Waals surface area contributed by atoms with Gasteiger partial charge in [0.05, 0.1) is 17.3 Å². The van der Waals surface area contributed by atoms with Gasteiger partial charge in [0, 0.05) is 36.8 Å². The van der Waals surface area contributed by atoms with E-state index >= 15 is 0 Å². The van der Waals surface area contributed by atoms with E-state index in [0.29, 0.717) is 24.1 Å². The standard InChI is InChI=1S/C26H25N3O2S/c30-25(21-12-6-2-7-13-21)28-23(18-20-10-4-1-5-11-20)26(31)27-22-14-8-3-9-15-24(22)29-16-17-32-19-29/h1-2,4-7,10-15,23H,9,16-19H2,(H,27,31)(H,28,30). The summed E-state index contributed by atoms with van der Waals surface area (Å²) in [5.41, 5.74) is 3.16. The molecule has 1 unspecified atom stereocenters. The molecule has 1 aliphatic carbocycles. The first kappa shape index (κ1) is 21.8. The zero-order chi connectivity index (χ0) is 22.2. The van der Waals surface area contributed by atoms with Gasteiger partial charge in [0.25, 0.3) is 5.91 Å². The van der Waals surface area contributed by atoms with Gasteiger partial charge < -0.3 is 15.5 Å². The van der Waals surface area contributed by atoms with E-state index in [0.717, 1.165) is 29.4 Å². The van der Waals surface area contributed by atoms with Crippen molar-refractivity contribution in [3.63, 3.8) is 0 Å². The van der Waals surface area contributed by atoms with Crippen LogP contribution in [0.2, 0.25) is 0 Å². The average molecular weight is 444 g/mol. The maximum absolute atomic E-state index is 13.4. The Kier molecular flexibility index (Phi) is 7.31. The molecule has 2 aromatic rings. The third kappa shape index (κ3) is 5.63. The summed E-state index contributed by atoms with van der Waals surface area (Å²) >= 11 is 1.87. The van der Waals surface area contributed by atoms with Crippen LogP contribution in [0.1, 0.15) is 22.3 Å². The summed E-state index contributed by atoms with van der Waals surface area (Å²) in [5, 5.41) is 5.97. The van der Waals surface area contributed by atoms with Crippen LogP contribution in [-0.4, -0.2) is 40.9 Å². The summed E-state index contributed by atoms with van der Waals surface area (Å²) in [6.45, 7) is 0.932. The Labute approximate surface area is 193 Å². The highest BCUT2D eigenvalue weighted by molar-refractivity contribution is 7.99. The minimum atomic E-state index is -0.726. The first-order chi connectivity index (χ1) is 15.7. The van der Waals surface area contributed by atoms with Gasteiger partial charge in [-0.05, 0) is 23.8 Å². The summed E-state index contributed by atoms with van der Waals surface area (Å²) in [4.78, 5) is 28.5. The summed E-state index contributed by atoms with van der Waals surface area (Å²) in [5.74, 6) is 7.49. The summed E-state index contributed by atoms with van der Waals surface area (Å²) in [6, 6.07) is 17.9. The Hall–Kier alpha value is -3.43. The Bertz CT molecular complexity index is 1080. The second kappa shape index (κ2) is 10.7. The van der Waals surface area contributed by atoms with Crippen molar-refractivity contribution in [1.29, 1.82) is 0 Å². The quantitative estimate of drug-likeness (QED) is 0.645. The summed E-state index contributed by atoms with van der Waals surface area (Å²) < 4.78 is 0. The van der Waals surface area contributed by atoms with Crippen LogP contribution in [0.5, 0.6) is 0 Å². The highest BCUT2D eigenvalue weighted by Gasteiger charge is 2.25. The van der Waals surface area contributed by atoms with Gasteiger partial charge >= 0.3 is 0 Å². The molecule has 0 aromatic heterocycles. The molecule has 2 amide bonds. The van der Waals surface area contributed by atoms with Crippen molar-refractivity contribution in [2.45, 2.75) is 18.9 Å². The van der Waals surface area contributed by atoms with E-state index in [-0.39, 0.29) is 11.8 Å². The molecule has 2 aliphatic rings. The van der Waals surface area contributed by atoms with Gasteiger partial charge in [-0.2, -0.15) is 0 Å². The molecule has 0 saturated carbocycles. The third-order valence-corrected chi connectivity index (χ3v) is 6.25. The van der Waals surface area contributed by atoms with E-state index in [2.05, 4.69) is 33.5 Å². The molecule has 1 heterocycles. The largest absolute Gasteiger partial charge is 0.360 e. The van der Waals surface area contributed by atoms with Crippen molar-refractivity contribution < 1.29 is 9.59 Å². The molecule has 4 rings (SSSR count). The van der Waals surface area contributed by atoms with Crippen LogP contribution in [0, 0.1) is 11.8 Å². The number of nitrogens with zero attached hydrogens (tertiary/aromatic N) is 1. The number of carbonyl (C=O) groups excluding carboxylic acids is 2. The maximum Gasteiger partial charge on any atom is 0.251 e. The van der Waals surface area contributed by atoms with Crippen LogP contribution in [0.25, 0.3) is 0 Å². The van der Waals surface area contributed by atoms with Crippen LogP contribution < -0.4 is 10.6 Å². The van der Waals surface area contributed by atoms with E-state index in [4.69, 9.17) is 0 Å². The zero-order valence-electron chi connectivity index (χ0n) is 17.7. The molecule has 0 spiro atoms. The maximum atomic E-state index is 13.4. The summed E-state index contributed by atoms with van der Waals surface area (Å²) in [6.07, 6.45) is 4.86. The van der Waals surface area contributed by atoms with Gasteiger partial charge in [-0.3, -0.25) is 9.59 Å². The molecule has 1 atom stereocenters. The number of benzene rings is 2. The highest BCUT2D eigenvalue weighted by Crippen LogP contribution is 2.24. The molecule has 32 heavy (non-hydrogen) atoms. The molecule has 2 N–H and O–H groups in total. The molecular formula is C26H25N3O2S. The minimum Gasteiger partial charge on any atom is -0.360 e. The fraction of sp³-hybridized carbons (Fsp3) is 0.231. The topological polar surface area (TPSA) is 61.4 Å². The molecule has 5 nitrogen and oxygen atoms in total. The molecule has 1 fully saturated rings. The van der Waals surface area contributed by atoms with Crippen molar-refractivity contribution in [3.05, 3.63) is 95.3 Å². The van der Waals surface area contributed by atoms with Gasteiger partial charge in [-0.1, -0.05) is 60.4 Å². The van der Waals surface area contributed by atoms with Crippen LogP contribution in [0.15, 0.2) is 84.2 Å². The third-order valence-electron chi connectivity index (χ3n) is 5.28. The lowest BCUT2D eigenvalue weighted by atomic mass is 10.0. The highest BCUT2D eigenvalue weighted by atomic mass is 32.2. The lowest BCUT2D eigenvalue weighted by molar-refractivity contribution is -0.122. The average Bonchev–Trinajstić information content (AvgIpc) is 3.26. The monoisotopic (exact) mass is 443 g/mol. The predicted octanol–water partition coefficient (Wildman–Crippen LogP) is 3.33. The molecule has 162 valence electrons. The van der Waals surface area contributed by atoms with Crippen LogP contribution in [0.4, 0.5) is 0 Å². The van der Waals surface area contributed by atoms with E-state index in [1.807, 2.05) is 48.2 Å². The summed E-state index contributed by atoms with van der Waals surface area (Å²) in [7, 11) is 0. The SMILES string of the molecule is O=C(NC(Cc1ccccc1)C(=O)NC1=CC#CCC=C1N1CCSC1)c1ccccc1. The fourth-order valence-corrected chi connectivity index (χ4v) is 4.59. The smallest absolute Gasteiger partial charge is 0.251 e. The number of amides is 2. The normalized spacial score (nSPS) is 16.1. The van der Waals surface area contributed by atoms with Crippen LogP contribution in [-0.2, 0) is 11.2 Å². The lowest BCUT2D eigenvalue weighted by Gasteiger charge is -2.25. The van der Waals surface area contributed by atoms with Crippen molar-refractivity contribution in [3.8, 4) is 11.8 Å². The van der Waals surface area contributed by atoms with Gasteiger partial charge in [-0.25, -0.2) is 0 Å². The number of hydrogen-bond donors (Lipinski definition) is 2. The fourth-order valence-electron chi connectivity index (χ4n) is 3.63. The zero-order valence-corrected chi connectivity index (χ0v) is 18.5. The van der Waals surface area contributed by atoms with Crippen molar-refractivity contribution >= 4 is 23.6 Å². The second-order valence-corrected chi connectivity index (χ2v) is 8.62. The lowest BCUT2D eigenvalue weighted by Crippen LogP contribution is -2.48. The number of nitrogens with one attached hydrogen (secondary N) is 2. The van der Waals surface area contributed by atoms with E-state index in [1.54, 1.807) is 30.3 Å². The Balaban J connectivity index is 1.54. The molecule has 6 heteroatoms. The number of hydrogen-bond acceptors (Lipinski definition) is 4. The molecule has 0 bridgehead atoms. The van der Waals surface area contributed by atoms with E-state index in [9.17, 15) is 9.59 Å². The molecular weight excluding hydrogens is 418 g/mol. The van der Waals surface area contributed by atoms with Gasteiger partial charge in [0.15, 0.2) is 0 Å². The molecule has 1 aliphatic heterocycles. The Morgan fingerprint density at radius 3 is 2.53 bits per heavy atom. The predicted molar refractivity (Wildman–Crippen MR) is 129 cm³/mol. The Morgan fingerprint density at radius 1 is 1.06 bits per heavy atom. The number of thioether (sulfide) groups is 1. The first-order valence-electron chi connectivity index (χ1n) is 10.6. The van der Waals surface area contributed by atoms with Gasteiger partial charge in [-0.15, -0.1) is 11.8 Å². The minimum absolute atomic E-state index is 0.258. The Morgan fingerprint density at radius 2 is 1.81 bits per heavy atom. The van der Waals surface area contributed by atoms with Crippen molar-refractivity contribution in [1.82, 2.24) is 15.5 Å². The molecule has 1 saturated heterocycles.